The number of esters is 1. The molecule has 30 heavy (non-hydrogen) atoms. The average Bonchev–Trinajstić information content (AvgIpc) is 2.55. The van der Waals surface area contributed by atoms with Gasteiger partial charge in [-0.3, -0.25) is 0 Å². The molecule has 1 unspecified atom stereocenters. The zero-order valence-corrected chi connectivity index (χ0v) is 15.6. The van der Waals surface area contributed by atoms with E-state index < -0.39 is 62.1 Å². The van der Waals surface area contributed by atoms with E-state index in [4.69, 9.17) is 5.21 Å². The van der Waals surface area contributed by atoms with Gasteiger partial charge in [0.25, 0.3) is 6.29 Å². The van der Waals surface area contributed by atoms with Crippen molar-refractivity contribution in [2.45, 2.75) is 37.3 Å². The Morgan fingerprint density at radius 2 is 1.83 bits per heavy atom. The molecule has 1 aliphatic heterocycles. The van der Waals surface area contributed by atoms with Gasteiger partial charge in [-0.2, -0.15) is 13.2 Å². The monoisotopic (exact) mass is 472 g/mol. The minimum Gasteiger partial charge on any atom is -0.475 e. The van der Waals surface area contributed by atoms with Crippen molar-refractivity contribution in [3.63, 3.8) is 0 Å². The molecule has 1 aliphatic rings. The minimum atomic E-state index is -10.2. The summed E-state index contributed by atoms with van der Waals surface area (Å²) in [7, 11) is -10.2. The number of hydrogen-bond donors (Lipinski definition) is 1. The first-order chi connectivity index (χ1) is 13.3. The maximum Gasteiger partial charge on any atom is 0.430 e. The quantitative estimate of drug-likeness (QED) is 0.186. The summed E-state index contributed by atoms with van der Waals surface area (Å²) in [5.41, 5.74) is -2.83. The zero-order valence-electron chi connectivity index (χ0n) is 14.8. The molecule has 0 amide bonds. The predicted octanol–water partition coefficient (Wildman–Crippen LogP) is 6.02. The highest BCUT2D eigenvalue weighted by molar-refractivity contribution is 8.45. The lowest BCUT2D eigenvalue weighted by Crippen LogP contribution is -2.41. The first-order valence-corrected chi connectivity index (χ1v) is 9.53. The Morgan fingerprint density at radius 3 is 2.33 bits per heavy atom. The summed E-state index contributed by atoms with van der Waals surface area (Å²) in [6, 6.07) is -0.162. The van der Waals surface area contributed by atoms with E-state index in [9.17, 15) is 37.4 Å². The molecule has 170 valence electrons. The molecule has 0 saturated heterocycles. The van der Waals surface area contributed by atoms with E-state index in [1.807, 2.05) is 0 Å². The number of nitrogens with zero attached hydrogens (tertiary/aromatic N) is 2. The fourth-order valence-corrected chi connectivity index (χ4v) is 3.17. The molecule has 0 aliphatic carbocycles. The molecule has 0 spiro atoms. The fourth-order valence-electron chi connectivity index (χ4n) is 2.42. The molecule has 2 atom stereocenters. The molecule has 7 nitrogen and oxygen atoms in total. The molecule has 1 aromatic rings. The van der Waals surface area contributed by atoms with Crippen LogP contribution in [0.25, 0.3) is 6.08 Å². The topological polar surface area (TPSA) is 89.7 Å². The number of halogens is 8. The predicted molar refractivity (Wildman–Crippen MR) is 84.3 cm³/mol. The first kappa shape index (κ1) is 23.5. The number of aryl methyl sites for hydroxylation is 1. The molecule has 0 fully saturated rings. The molecule has 2 rings (SSSR count). The Hall–Kier alpha value is -2.78. The van der Waals surface area contributed by atoms with E-state index in [0.29, 0.717) is 6.08 Å². The second kappa shape index (κ2) is 6.61. The van der Waals surface area contributed by atoms with Crippen LogP contribution < -0.4 is 4.74 Å². The lowest BCUT2D eigenvalue weighted by atomic mass is 9.99. The molecule has 0 radical (unpaired) electrons. The van der Waals surface area contributed by atoms with E-state index in [1.54, 1.807) is 0 Å². The number of benzene rings is 1. The van der Waals surface area contributed by atoms with Crippen molar-refractivity contribution in [3.05, 3.63) is 28.8 Å². The lowest BCUT2D eigenvalue weighted by Gasteiger charge is -2.41. The zero-order chi connectivity index (χ0) is 23.2. The van der Waals surface area contributed by atoms with Crippen LogP contribution in [0.15, 0.2) is 33.2 Å². The number of hydrogen-bond acceptors (Lipinski definition) is 6. The van der Waals surface area contributed by atoms with Gasteiger partial charge in [0.1, 0.15) is 10.6 Å². The van der Waals surface area contributed by atoms with Crippen molar-refractivity contribution in [2.75, 3.05) is 0 Å². The second-order valence-electron chi connectivity index (χ2n) is 6.02. The summed E-state index contributed by atoms with van der Waals surface area (Å²) < 4.78 is 115. The van der Waals surface area contributed by atoms with E-state index in [2.05, 4.69) is 24.9 Å². The van der Waals surface area contributed by atoms with Gasteiger partial charge in [0, 0.05) is 12.5 Å². The van der Waals surface area contributed by atoms with Crippen molar-refractivity contribution in [1.29, 1.82) is 0 Å². The summed E-state index contributed by atoms with van der Waals surface area (Å²) in [6.45, 7) is 1.80. The van der Waals surface area contributed by atoms with Crippen molar-refractivity contribution in [2.24, 2.45) is 10.6 Å². The number of rotatable bonds is 5. The van der Waals surface area contributed by atoms with E-state index in [1.165, 1.54) is 0 Å². The number of fused-ring (bicyclic) bond motifs is 1. The number of alkyl halides is 3. The average molecular weight is 472 g/mol. The molecular formula is C14H12F8N2O5S. The van der Waals surface area contributed by atoms with Crippen LogP contribution in [0, 0.1) is 6.92 Å². The highest BCUT2D eigenvalue weighted by Gasteiger charge is 2.65. The molecule has 1 heterocycles. The maximum absolute atomic E-state index is 13.3. The second-order valence-corrected chi connectivity index (χ2v) is 8.43. The Labute approximate surface area is 162 Å². The van der Waals surface area contributed by atoms with Crippen LogP contribution >= 0.6 is 10.2 Å². The third-order valence-electron chi connectivity index (χ3n) is 3.59. The van der Waals surface area contributed by atoms with Crippen LogP contribution in [0.2, 0.25) is 0 Å². The third-order valence-corrected chi connectivity index (χ3v) is 4.72. The minimum absolute atomic E-state index is 0.0409. The highest BCUT2D eigenvalue weighted by Crippen LogP contribution is 3.02. The fraction of sp³-hybridized carbons (Fsp3) is 0.357. The maximum atomic E-state index is 13.3. The SMILES string of the molecule is Cc1cc(S(F)(F)(F)(F)F)cc2c1O[C@H](C(F)(F)F)C(C(=O)OC(C)O/N=N\O)=C2. The molecule has 1 N–H and O–H groups in total. The van der Waals surface area contributed by atoms with Crippen LogP contribution in [0.5, 0.6) is 5.75 Å². The van der Waals surface area contributed by atoms with Gasteiger partial charge >= 0.3 is 22.4 Å². The summed E-state index contributed by atoms with van der Waals surface area (Å²) in [5, 5.41) is 12.8. The van der Waals surface area contributed by atoms with Crippen LogP contribution in [0.3, 0.4) is 0 Å². The normalized spacial score (nSPS) is 20.3. The molecule has 1 aromatic carbocycles. The van der Waals surface area contributed by atoms with Gasteiger partial charge in [-0.1, -0.05) is 19.4 Å². The lowest BCUT2D eigenvalue weighted by molar-refractivity contribution is -0.195. The highest BCUT2D eigenvalue weighted by atomic mass is 32.5. The molecular weight excluding hydrogens is 460 g/mol. The molecule has 16 heteroatoms. The van der Waals surface area contributed by atoms with Crippen LogP contribution in [-0.4, -0.2) is 29.7 Å². The van der Waals surface area contributed by atoms with Gasteiger partial charge in [0.2, 0.25) is 6.10 Å². The number of carbonyl (C=O) groups is 1. The van der Waals surface area contributed by atoms with E-state index in [0.717, 1.165) is 13.8 Å². The van der Waals surface area contributed by atoms with Crippen molar-refractivity contribution in [1.82, 2.24) is 0 Å². The van der Waals surface area contributed by atoms with Gasteiger partial charge in [0.05, 0.1) is 16.1 Å². The third kappa shape index (κ3) is 5.22. The molecule has 0 bridgehead atoms. The Balaban J connectivity index is 2.59. The van der Waals surface area contributed by atoms with Gasteiger partial charge in [-0.05, 0) is 30.7 Å². The summed E-state index contributed by atoms with van der Waals surface area (Å²) in [6.07, 6.45) is -9.56. The summed E-state index contributed by atoms with van der Waals surface area (Å²) >= 11 is 0. The Kier molecular flexibility index (Phi) is 5.18. The van der Waals surface area contributed by atoms with Gasteiger partial charge in [-0.15, -0.1) is 0 Å². The van der Waals surface area contributed by atoms with Crippen molar-refractivity contribution >= 4 is 22.3 Å². The molecule has 0 saturated carbocycles. The Bertz CT molecular complexity index is 930. The standard InChI is InChI=1S/C14H12F8N2O5S/c1-6-3-9(30(18,19,20,21)22)4-8-5-10(12(14(15,16)17)28-11(6)8)13(25)27-7(2)29-24-23-26/h3-5,7,12H,1-2H3,(H,24,26)/t7?,12-/m0/s1. The van der Waals surface area contributed by atoms with Crippen molar-refractivity contribution < 1.29 is 56.9 Å². The van der Waals surface area contributed by atoms with Gasteiger partial charge < -0.3 is 19.5 Å². The van der Waals surface area contributed by atoms with E-state index in [-0.39, 0.29) is 12.1 Å². The largest absolute Gasteiger partial charge is 0.475 e. The van der Waals surface area contributed by atoms with Crippen molar-refractivity contribution in [3.8, 4) is 5.75 Å². The van der Waals surface area contributed by atoms with Crippen LogP contribution in [0.1, 0.15) is 18.1 Å². The summed E-state index contributed by atoms with van der Waals surface area (Å²) in [5.74, 6) is -2.52. The summed E-state index contributed by atoms with van der Waals surface area (Å²) in [4.78, 5) is 13.9. The molecule has 0 aromatic heterocycles. The number of carbonyl (C=O) groups excluding carboxylic acids is 1. The smallest absolute Gasteiger partial charge is 0.430 e. The first-order valence-electron chi connectivity index (χ1n) is 7.58. The van der Waals surface area contributed by atoms with E-state index >= 15 is 0 Å². The van der Waals surface area contributed by atoms with Crippen LogP contribution in [-0.2, 0) is 14.4 Å². The van der Waals surface area contributed by atoms with Gasteiger partial charge in [0.15, 0.2) is 0 Å². The van der Waals surface area contributed by atoms with Gasteiger partial charge in [-0.25, -0.2) is 4.79 Å². The van der Waals surface area contributed by atoms with Crippen LogP contribution in [0.4, 0.5) is 32.6 Å². The Morgan fingerprint density at radius 1 is 1.23 bits per heavy atom. The number of ether oxygens (including phenoxy) is 2.